The quantitative estimate of drug-likeness (QED) is 0.651. The largest absolute Gasteiger partial charge is 0.356 e. The number of fused-ring (bicyclic) bond motifs is 1. The van der Waals surface area contributed by atoms with Gasteiger partial charge in [-0.25, -0.2) is 0 Å². The van der Waals surface area contributed by atoms with Gasteiger partial charge in [0.15, 0.2) is 11.8 Å². The first-order chi connectivity index (χ1) is 11.7. The second kappa shape index (κ2) is 7.47. The zero-order valence-electron chi connectivity index (χ0n) is 14.7. The van der Waals surface area contributed by atoms with Crippen molar-refractivity contribution in [1.29, 1.82) is 0 Å². The van der Waals surface area contributed by atoms with Crippen LogP contribution in [0.25, 0.3) is 0 Å². The van der Waals surface area contributed by atoms with Crippen LogP contribution in [0.15, 0.2) is 29.3 Å². The molecule has 24 heavy (non-hydrogen) atoms. The lowest BCUT2D eigenvalue weighted by molar-refractivity contribution is 0.654. The highest BCUT2D eigenvalue weighted by molar-refractivity contribution is 5.79. The van der Waals surface area contributed by atoms with Crippen LogP contribution in [0.1, 0.15) is 42.0 Å². The van der Waals surface area contributed by atoms with E-state index in [-0.39, 0.29) is 0 Å². The number of nitrogens with one attached hydrogen (secondary N) is 2. The normalized spacial score (nSPS) is 15.2. The molecule has 2 N–H and O–H groups in total. The predicted octanol–water partition coefficient (Wildman–Crippen LogP) is 2.00. The maximum absolute atomic E-state index is 4.30. The van der Waals surface area contributed by atoms with Crippen LogP contribution in [0.5, 0.6) is 0 Å². The molecule has 0 radical (unpaired) electrons. The van der Waals surface area contributed by atoms with Crippen LogP contribution in [0.2, 0.25) is 0 Å². The van der Waals surface area contributed by atoms with Gasteiger partial charge in [0.25, 0.3) is 0 Å². The summed E-state index contributed by atoms with van der Waals surface area (Å²) in [5.74, 6) is 3.30. The van der Waals surface area contributed by atoms with Crippen molar-refractivity contribution < 1.29 is 0 Å². The Morgan fingerprint density at radius 1 is 1.33 bits per heavy atom. The van der Waals surface area contributed by atoms with Gasteiger partial charge in [-0.05, 0) is 24.8 Å². The average Bonchev–Trinajstić information content (AvgIpc) is 3.19. The molecule has 0 fully saturated rings. The number of aliphatic imine (C=N–C) groups is 1. The molecule has 0 saturated carbocycles. The molecule has 0 saturated heterocycles. The van der Waals surface area contributed by atoms with E-state index in [4.69, 9.17) is 0 Å². The molecular weight excluding hydrogens is 300 g/mol. The van der Waals surface area contributed by atoms with Crippen LogP contribution in [-0.2, 0) is 19.5 Å². The van der Waals surface area contributed by atoms with E-state index < -0.39 is 0 Å². The van der Waals surface area contributed by atoms with E-state index in [1.54, 1.807) is 7.05 Å². The van der Waals surface area contributed by atoms with E-state index in [0.717, 1.165) is 37.1 Å². The van der Waals surface area contributed by atoms with E-state index in [1.165, 1.54) is 17.5 Å². The maximum atomic E-state index is 4.30. The second-order valence-electron chi connectivity index (χ2n) is 6.41. The van der Waals surface area contributed by atoms with Gasteiger partial charge in [0, 0.05) is 26.6 Å². The number of guanidine groups is 1. The molecule has 1 aromatic heterocycles. The fourth-order valence-electron chi connectivity index (χ4n) is 3.07. The minimum atomic E-state index is 0.417. The van der Waals surface area contributed by atoms with Crippen molar-refractivity contribution in [2.45, 2.75) is 45.7 Å². The fraction of sp³-hybridized carbons (Fsp3) is 0.500. The van der Waals surface area contributed by atoms with Gasteiger partial charge >= 0.3 is 0 Å². The molecule has 0 aliphatic carbocycles. The van der Waals surface area contributed by atoms with E-state index in [2.05, 4.69) is 68.5 Å². The van der Waals surface area contributed by atoms with E-state index in [1.807, 2.05) is 0 Å². The molecule has 3 rings (SSSR count). The summed E-state index contributed by atoms with van der Waals surface area (Å²) < 4.78 is 2.20. The average molecular weight is 326 g/mol. The molecule has 2 aromatic rings. The molecule has 2 heterocycles. The lowest BCUT2D eigenvalue weighted by Gasteiger charge is -2.16. The Hall–Kier alpha value is -2.37. The molecule has 1 aromatic carbocycles. The molecular formula is C18H26N6. The van der Waals surface area contributed by atoms with E-state index >= 15 is 0 Å². The summed E-state index contributed by atoms with van der Waals surface area (Å²) in [6.07, 6.45) is 2.20. The van der Waals surface area contributed by atoms with Crippen molar-refractivity contribution in [3.63, 3.8) is 0 Å². The van der Waals surface area contributed by atoms with Crippen molar-refractivity contribution in [2.75, 3.05) is 13.6 Å². The molecule has 6 heteroatoms. The third kappa shape index (κ3) is 3.75. The number of hydrogen-bond acceptors (Lipinski definition) is 3. The van der Waals surface area contributed by atoms with Gasteiger partial charge in [-0.2, -0.15) is 0 Å². The number of aryl methyl sites for hydroxylation is 2. The lowest BCUT2D eigenvalue weighted by Crippen LogP contribution is -2.39. The molecule has 1 aliphatic rings. The molecule has 0 bridgehead atoms. The van der Waals surface area contributed by atoms with Crippen molar-refractivity contribution in [1.82, 2.24) is 25.4 Å². The van der Waals surface area contributed by atoms with Gasteiger partial charge in [-0.1, -0.05) is 36.8 Å². The minimum absolute atomic E-state index is 0.417. The summed E-state index contributed by atoms with van der Waals surface area (Å²) in [5.41, 5.74) is 2.63. The van der Waals surface area contributed by atoms with Crippen molar-refractivity contribution in [3.8, 4) is 0 Å². The molecule has 0 amide bonds. The SMILES string of the molecule is CN=C(NCc1nnc2n1CCC2)NCC(C)c1cccc(C)c1. The van der Waals surface area contributed by atoms with Crippen LogP contribution in [-0.4, -0.2) is 34.3 Å². The highest BCUT2D eigenvalue weighted by Crippen LogP contribution is 2.15. The Labute approximate surface area is 143 Å². The van der Waals surface area contributed by atoms with Gasteiger partial charge in [-0.3, -0.25) is 4.99 Å². The van der Waals surface area contributed by atoms with E-state index in [0.29, 0.717) is 12.5 Å². The zero-order valence-corrected chi connectivity index (χ0v) is 14.7. The Kier molecular flexibility index (Phi) is 5.13. The summed E-state index contributed by atoms with van der Waals surface area (Å²) in [7, 11) is 1.79. The monoisotopic (exact) mass is 326 g/mol. The molecule has 1 aliphatic heterocycles. The lowest BCUT2D eigenvalue weighted by atomic mass is 9.99. The van der Waals surface area contributed by atoms with Crippen LogP contribution in [0, 0.1) is 6.92 Å². The third-order valence-electron chi connectivity index (χ3n) is 4.51. The van der Waals surface area contributed by atoms with Crippen LogP contribution < -0.4 is 10.6 Å². The Morgan fingerprint density at radius 3 is 3.00 bits per heavy atom. The summed E-state index contributed by atoms with van der Waals surface area (Å²) >= 11 is 0. The molecule has 128 valence electrons. The first kappa shape index (κ1) is 16.5. The Bertz CT molecular complexity index is 718. The molecule has 0 spiro atoms. The van der Waals surface area contributed by atoms with Crippen molar-refractivity contribution in [3.05, 3.63) is 47.0 Å². The molecule has 1 atom stereocenters. The summed E-state index contributed by atoms with van der Waals surface area (Å²) in [6, 6.07) is 8.65. The molecule has 1 unspecified atom stereocenters. The number of nitrogens with zero attached hydrogens (tertiary/aromatic N) is 4. The Balaban J connectivity index is 1.51. The second-order valence-corrected chi connectivity index (χ2v) is 6.41. The van der Waals surface area contributed by atoms with Crippen LogP contribution in [0.4, 0.5) is 0 Å². The number of benzene rings is 1. The van der Waals surface area contributed by atoms with E-state index in [9.17, 15) is 0 Å². The van der Waals surface area contributed by atoms with Gasteiger partial charge in [-0.15, -0.1) is 10.2 Å². The predicted molar refractivity (Wildman–Crippen MR) is 96.1 cm³/mol. The Morgan fingerprint density at radius 2 is 2.21 bits per heavy atom. The van der Waals surface area contributed by atoms with Crippen LogP contribution in [0.3, 0.4) is 0 Å². The first-order valence-electron chi connectivity index (χ1n) is 8.59. The van der Waals surface area contributed by atoms with Crippen molar-refractivity contribution in [2.24, 2.45) is 4.99 Å². The van der Waals surface area contributed by atoms with Crippen LogP contribution >= 0.6 is 0 Å². The summed E-state index contributed by atoms with van der Waals surface area (Å²) in [6.45, 7) is 6.85. The number of rotatable bonds is 5. The van der Waals surface area contributed by atoms with Gasteiger partial charge < -0.3 is 15.2 Å². The summed E-state index contributed by atoms with van der Waals surface area (Å²) in [5, 5.41) is 15.2. The van der Waals surface area contributed by atoms with Gasteiger partial charge in [0.2, 0.25) is 0 Å². The smallest absolute Gasteiger partial charge is 0.191 e. The first-order valence-corrected chi connectivity index (χ1v) is 8.59. The topological polar surface area (TPSA) is 67.1 Å². The number of hydrogen-bond donors (Lipinski definition) is 2. The summed E-state index contributed by atoms with van der Waals surface area (Å²) in [4.78, 5) is 4.30. The fourth-order valence-corrected chi connectivity index (χ4v) is 3.07. The minimum Gasteiger partial charge on any atom is -0.356 e. The molecule has 6 nitrogen and oxygen atoms in total. The zero-order chi connectivity index (χ0) is 16.9. The van der Waals surface area contributed by atoms with Gasteiger partial charge in [0.1, 0.15) is 5.82 Å². The highest BCUT2D eigenvalue weighted by atomic mass is 15.3. The maximum Gasteiger partial charge on any atom is 0.191 e. The van der Waals surface area contributed by atoms with Crippen molar-refractivity contribution >= 4 is 5.96 Å². The number of aromatic nitrogens is 3. The third-order valence-corrected chi connectivity index (χ3v) is 4.51. The standard InChI is InChI=1S/C18H26N6/c1-13-6-4-7-15(10-13)14(2)11-20-18(19-3)21-12-17-23-22-16-8-5-9-24(16)17/h4,6-7,10,14H,5,8-9,11-12H2,1-3H3,(H2,19,20,21). The highest BCUT2D eigenvalue weighted by Gasteiger charge is 2.17. The van der Waals surface area contributed by atoms with Gasteiger partial charge in [0.05, 0.1) is 6.54 Å².